The number of nitrogens with zero attached hydrogens (tertiary/aromatic N) is 3. The van der Waals surface area contributed by atoms with Crippen LogP contribution in [0.4, 0.5) is 5.69 Å². The van der Waals surface area contributed by atoms with Crippen LogP contribution >= 0.6 is 11.8 Å². The van der Waals surface area contributed by atoms with Gasteiger partial charge in [0.25, 0.3) is 5.22 Å². The molecule has 3 aromatic rings. The van der Waals surface area contributed by atoms with E-state index < -0.39 is 0 Å². The largest absolute Gasteiger partial charge is 0.431 e. The van der Waals surface area contributed by atoms with Gasteiger partial charge in [-0.2, -0.15) is 5.26 Å². The van der Waals surface area contributed by atoms with Crippen LogP contribution in [0, 0.1) is 18.3 Å². The van der Waals surface area contributed by atoms with E-state index in [-0.39, 0.29) is 0 Å². The molecule has 0 radical (unpaired) electrons. The van der Waals surface area contributed by atoms with E-state index in [9.17, 15) is 0 Å². The van der Waals surface area contributed by atoms with E-state index in [0.29, 0.717) is 32.6 Å². The Balaban J connectivity index is 1.97. The summed E-state index contributed by atoms with van der Waals surface area (Å²) >= 11 is 1.28. The summed E-state index contributed by atoms with van der Waals surface area (Å²) in [5.41, 5.74) is 9.09. The van der Waals surface area contributed by atoms with Crippen LogP contribution in [0.2, 0.25) is 0 Å². The summed E-state index contributed by atoms with van der Waals surface area (Å²) in [5, 5.41) is 10.1. The first-order valence-electron chi connectivity index (χ1n) is 5.87. The van der Waals surface area contributed by atoms with Crippen LogP contribution in [0.1, 0.15) is 11.3 Å². The number of rotatable bonds is 2. The first-order chi connectivity index (χ1) is 9.64. The molecule has 0 unspecified atom stereocenters. The number of nitriles is 1. The number of nitrogen functional groups attached to an aromatic ring is 1. The van der Waals surface area contributed by atoms with Crippen molar-refractivity contribution in [1.82, 2.24) is 9.97 Å². The molecule has 98 valence electrons. The lowest BCUT2D eigenvalue weighted by molar-refractivity contribution is 0.489. The van der Waals surface area contributed by atoms with Crippen molar-refractivity contribution < 1.29 is 4.42 Å². The Morgan fingerprint density at radius 2 is 2.10 bits per heavy atom. The molecule has 0 spiro atoms. The monoisotopic (exact) mass is 282 g/mol. The van der Waals surface area contributed by atoms with Gasteiger partial charge in [-0.15, -0.1) is 0 Å². The third-order valence-corrected chi connectivity index (χ3v) is 3.41. The molecule has 3 rings (SSSR count). The lowest BCUT2D eigenvalue weighted by atomic mass is 10.2. The van der Waals surface area contributed by atoms with Gasteiger partial charge < -0.3 is 10.2 Å². The summed E-state index contributed by atoms with van der Waals surface area (Å²) in [4.78, 5) is 8.70. The van der Waals surface area contributed by atoms with Gasteiger partial charge in [0.05, 0.1) is 11.6 Å². The molecule has 0 fully saturated rings. The van der Waals surface area contributed by atoms with Gasteiger partial charge in [-0.25, -0.2) is 9.97 Å². The maximum absolute atomic E-state index is 8.96. The van der Waals surface area contributed by atoms with E-state index in [4.69, 9.17) is 15.4 Å². The molecule has 2 heterocycles. The number of benzene rings is 1. The summed E-state index contributed by atoms with van der Waals surface area (Å²) in [6.45, 7) is 1.84. The summed E-state index contributed by atoms with van der Waals surface area (Å²) in [6.07, 6.45) is 0. The predicted molar refractivity (Wildman–Crippen MR) is 76.2 cm³/mol. The van der Waals surface area contributed by atoms with Crippen LogP contribution in [0.25, 0.3) is 11.1 Å². The van der Waals surface area contributed by atoms with Crippen LogP contribution in [-0.2, 0) is 0 Å². The number of aryl methyl sites for hydroxylation is 1. The van der Waals surface area contributed by atoms with Crippen molar-refractivity contribution in [2.45, 2.75) is 17.2 Å². The van der Waals surface area contributed by atoms with Gasteiger partial charge in [-0.3, -0.25) is 0 Å². The molecule has 0 amide bonds. The second-order valence-corrected chi connectivity index (χ2v) is 5.23. The summed E-state index contributed by atoms with van der Waals surface area (Å²) in [5.74, 6) is 0. The van der Waals surface area contributed by atoms with E-state index in [2.05, 4.69) is 16.0 Å². The van der Waals surface area contributed by atoms with Gasteiger partial charge in [0.15, 0.2) is 5.58 Å². The summed E-state index contributed by atoms with van der Waals surface area (Å²) < 4.78 is 5.61. The Labute approximate surface area is 119 Å². The molecule has 0 atom stereocenters. The lowest BCUT2D eigenvalue weighted by Gasteiger charge is -1.99. The van der Waals surface area contributed by atoms with Crippen LogP contribution in [0.3, 0.4) is 0 Å². The zero-order chi connectivity index (χ0) is 14.1. The van der Waals surface area contributed by atoms with Crippen LogP contribution < -0.4 is 5.73 Å². The molecular weight excluding hydrogens is 272 g/mol. The number of fused-ring (bicyclic) bond motifs is 1. The van der Waals surface area contributed by atoms with Crippen LogP contribution in [0.15, 0.2) is 45.0 Å². The van der Waals surface area contributed by atoms with Crippen LogP contribution in [0.5, 0.6) is 0 Å². The van der Waals surface area contributed by atoms with Crippen molar-refractivity contribution in [2.75, 3.05) is 5.73 Å². The van der Waals surface area contributed by atoms with Crippen molar-refractivity contribution in [3.8, 4) is 6.07 Å². The highest BCUT2D eigenvalue weighted by molar-refractivity contribution is 7.99. The van der Waals surface area contributed by atoms with E-state index in [1.165, 1.54) is 11.8 Å². The number of pyridine rings is 1. The first-order valence-corrected chi connectivity index (χ1v) is 6.68. The molecule has 5 nitrogen and oxygen atoms in total. The molecule has 2 aromatic heterocycles. The zero-order valence-electron chi connectivity index (χ0n) is 10.6. The van der Waals surface area contributed by atoms with Crippen molar-refractivity contribution in [1.29, 1.82) is 5.26 Å². The van der Waals surface area contributed by atoms with E-state index in [1.54, 1.807) is 30.3 Å². The van der Waals surface area contributed by atoms with Crippen molar-refractivity contribution in [2.24, 2.45) is 0 Å². The summed E-state index contributed by atoms with van der Waals surface area (Å²) in [6, 6.07) is 10.9. The molecular formula is C14H10N4OS. The molecule has 0 bridgehead atoms. The highest BCUT2D eigenvalue weighted by Gasteiger charge is 2.10. The first kappa shape index (κ1) is 12.5. The minimum absolute atomic E-state index is 0.479. The fourth-order valence-electron chi connectivity index (χ4n) is 1.81. The maximum Gasteiger partial charge on any atom is 0.263 e. The molecule has 0 saturated carbocycles. The van der Waals surface area contributed by atoms with Gasteiger partial charge in [-0.1, -0.05) is 0 Å². The number of hydrogen-bond donors (Lipinski definition) is 1. The highest BCUT2D eigenvalue weighted by Crippen LogP contribution is 2.30. The molecule has 6 heteroatoms. The van der Waals surface area contributed by atoms with Gasteiger partial charge in [0.2, 0.25) is 0 Å². The lowest BCUT2D eigenvalue weighted by Crippen LogP contribution is -1.87. The Morgan fingerprint density at radius 1 is 1.25 bits per heavy atom. The minimum atomic E-state index is 0.479. The predicted octanol–water partition coefficient (Wildman–Crippen LogP) is 3.14. The fraction of sp³-hybridized carbons (Fsp3) is 0.0714. The molecule has 0 aliphatic heterocycles. The Morgan fingerprint density at radius 3 is 2.90 bits per heavy atom. The number of anilines is 1. The number of nitrogens with two attached hydrogens (primary N) is 1. The molecule has 0 aliphatic carbocycles. The maximum atomic E-state index is 8.96. The average molecular weight is 282 g/mol. The quantitative estimate of drug-likeness (QED) is 0.726. The molecule has 2 N–H and O–H groups in total. The second kappa shape index (κ2) is 4.87. The van der Waals surface area contributed by atoms with Crippen LogP contribution in [-0.4, -0.2) is 9.97 Å². The molecule has 0 aliphatic rings. The fourth-order valence-corrected chi connectivity index (χ4v) is 2.64. The van der Waals surface area contributed by atoms with E-state index >= 15 is 0 Å². The SMILES string of the molecule is Cc1cc(C#N)cc(Sc2nc3cc(N)ccc3o2)n1. The highest BCUT2D eigenvalue weighted by atomic mass is 32.2. The van der Waals surface area contributed by atoms with Crippen molar-refractivity contribution in [3.05, 3.63) is 41.6 Å². The topological polar surface area (TPSA) is 88.7 Å². The van der Waals surface area contributed by atoms with Gasteiger partial charge >= 0.3 is 0 Å². The Kier molecular flexibility index (Phi) is 3.05. The third kappa shape index (κ3) is 2.44. The molecule has 0 saturated heterocycles. The summed E-state index contributed by atoms with van der Waals surface area (Å²) in [7, 11) is 0. The normalized spacial score (nSPS) is 10.6. The van der Waals surface area contributed by atoms with Gasteiger partial charge in [0, 0.05) is 11.4 Å². The van der Waals surface area contributed by atoms with Crippen molar-refractivity contribution in [3.63, 3.8) is 0 Å². The van der Waals surface area contributed by atoms with Crippen molar-refractivity contribution >= 4 is 28.5 Å². The minimum Gasteiger partial charge on any atom is -0.431 e. The van der Waals surface area contributed by atoms with E-state index in [1.807, 2.05) is 6.92 Å². The zero-order valence-corrected chi connectivity index (χ0v) is 11.4. The Hall–Kier alpha value is -2.52. The molecule has 20 heavy (non-hydrogen) atoms. The van der Waals surface area contributed by atoms with E-state index in [0.717, 1.165) is 5.69 Å². The molecule has 1 aromatic carbocycles. The van der Waals surface area contributed by atoms with Gasteiger partial charge in [0.1, 0.15) is 10.5 Å². The number of oxazole rings is 1. The number of hydrogen-bond acceptors (Lipinski definition) is 6. The standard InChI is InChI=1S/C14H10N4OS/c1-8-4-9(7-15)5-13(17-8)20-14-18-11-6-10(16)2-3-12(11)19-14/h2-6H,16H2,1H3. The average Bonchev–Trinajstić information content (AvgIpc) is 2.79. The second-order valence-electron chi connectivity index (χ2n) is 4.26. The van der Waals surface area contributed by atoms with Gasteiger partial charge in [-0.05, 0) is 49.0 Å². The smallest absolute Gasteiger partial charge is 0.263 e. The Bertz CT molecular complexity index is 835. The number of aromatic nitrogens is 2. The third-order valence-electron chi connectivity index (χ3n) is 2.64.